The van der Waals surface area contributed by atoms with Crippen molar-refractivity contribution >= 4 is 18.0 Å². The zero-order chi connectivity index (χ0) is 16.5. The van der Waals surface area contributed by atoms with Crippen molar-refractivity contribution in [3.05, 3.63) is 11.3 Å². The van der Waals surface area contributed by atoms with Crippen LogP contribution in [-0.4, -0.2) is 50.4 Å². The SMILES string of the molecule is CCOCC(=O)OCC1=C(C(=O)OCC)[C@@H](CC)NC(=O)N1. The van der Waals surface area contributed by atoms with E-state index in [2.05, 4.69) is 10.6 Å². The van der Waals surface area contributed by atoms with E-state index in [4.69, 9.17) is 14.2 Å². The number of carbonyl (C=O) groups is 3. The van der Waals surface area contributed by atoms with E-state index in [1.165, 1.54) is 0 Å². The number of esters is 2. The Hall–Kier alpha value is -2.09. The minimum Gasteiger partial charge on any atom is -0.463 e. The van der Waals surface area contributed by atoms with Crippen LogP contribution in [0.25, 0.3) is 0 Å². The Morgan fingerprint density at radius 2 is 1.86 bits per heavy atom. The van der Waals surface area contributed by atoms with E-state index in [0.29, 0.717) is 13.0 Å². The molecule has 0 unspecified atom stereocenters. The smallest absolute Gasteiger partial charge is 0.338 e. The fourth-order valence-electron chi connectivity index (χ4n) is 1.96. The lowest BCUT2D eigenvalue weighted by atomic mass is 10.0. The predicted octanol–water partition coefficient (Wildman–Crippen LogP) is 0.475. The molecule has 0 radical (unpaired) electrons. The number of carbonyl (C=O) groups excluding carboxylic acids is 3. The summed E-state index contributed by atoms with van der Waals surface area (Å²) in [7, 11) is 0. The van der Waals surface area contributed by atoms with Crippen LogP contribution in [0.1, 0.15) is 27.2 Å². The Bertz CT molecular complexity index is 460. The van der Waals surface area contributed by atoms with Crippen LogP contribution in [0.5, 0.6) is 0 Å². The minimum absolute atomic E-state index is 0.179. The molecule has 0 aromatic rings. The molecule has 0 saturated heterocycles. The second kappa shape index (κ2) is 9.04. The summed E-state index contributed by atoms with van der Waals surface area (Å²) in [5.74, 6) is -1.11. The third-order valence-electron chi connectivity index (χ3n) is 2.95. The summed E-state index contributed by atoms with van der Waals surface area (Å²) in [5, 5.41) is 5.13. The molecule has 0 aromatic heterocycles. The Labute approximate surface area is 129 Å². The van der Waals surface area contributed by atoms with Crippen LogP contribution in [0, 0.1) is 0 Å². The van der Waals surface area contributed by atoms with Crippen molar-refractivity contribution in [2.75, 3.05) is 26.4 Å². The van der Waals surface area contributed by atoms with Gasteiger partial charge < -0.3 is 24.8 Å². The van der Waals surface area contributed by atoms with Crippen molar-refractivity contribution < 1.29 is 28.6 Å². The quantitative estimate of drug-likeness (QED) is 0.632. The van der Waals surface area contributed by atoms with Gasteiger partial charge in [-0.1, -0.05) is 6.92 Å². The van der Waals surface area contributed by atoms with Crippen molar-refractivity contribution in [3.8, 4) is 0 Å². The highest BCUT2D eigenvalue weighted by molar-refractivity contribution is 5.94. The number of hydrogen-bond acceptors (Lipinski definition) is 6. The molecule has 1 aliphatic rings. The van der Waals surface area contributed by atoms with Gasteiger partial charge in [-0.2, -0.15) is 0 Å². The third-order valence-corrected chi connectivity index (χ3v) is 2.95. The topological polar surface area (TPSA) is 103 Å². The van der Waals surface area contributed by atoms with Gasteiger partial charge in [-0.3, -0.25) is 0 Å². The molecule has 2 amide bonds. The molecule has 0 spiro atoms. The highest BCUT2D eigenvalue weighted by Gasteiger charge is 2.31. The number of ether oxygens (including phenoxy) is 3. The summed E-state index contributed by atoms with van der Waals surface area (Å²) >= 11 is 0. The molecule has 0 bridgehead atoms. The number of nitrogens with one attached hydrogen (secondary N) is 2. The van der Waals surface area contributed by atoms with E-state index in [9.17, 15) is 14.4 Å². The van der Waals surface area contributed by atoms with E-state index in [1.807, 2.05) is 6.92 Å². The lowest BCUT2D eigenvalue weighted by Crippen LogP contribution is -2.51. The molecule has 1 heterocycles. The van der Waals surface area contributed by atoms with Crippen LogP contribution in [0.2, 0.25) is 0 Å². The van der Waals surface area contributed by atoms with E-state index in [1.54, 1.807) is 13.8 Å². The summed E-state index contributed by atoms with van der Waals surface area (Å²) in [5.41, 5.74) is 0.507. The lowest BCUT2D eigenvalue weighted by molar-refractivity contribution is -0.148. The molecule has 22 heavy (non-hydrogen) atoms. The van der Waals surface area contributed by atoms with Crippen molar-refractivity contribution in [1.29, 1.82) is 0 Å². The first-order valence-corrected chi connectivity index (χ1v) is 7.24. The van der Waals surface area contributed by atoms with Crippen LogP contribution < -0.4 is 10.6 Å². The molecule has 8 nitrogen and oxygen atoms in total. The molecule has 124 valence electrons. The maximum absolute atomic E-state index is 12.1. The van der Waals surface area contributed by atoms with Crippen molar-refractivity contribution in [2.24, 2.45) is 0 Å². The average molecular weight is 314 g/mol. The van der Waals surface area contributed by atoms with Crippen LogP contribution in [0.4, 0.5) is 4.79 Å². The van der Waals surface area contributed by atoms with Crippen LogP contribution >= 0.6 is 0 Å². The van der Waals surface area contributed by atoms with Gasteiger partial charge >= 0.3 is 18.0 Å². The largest absolute Gasteiger partial charge is 0.463 e. The van der Waals surface area contributed by atoms with E-state index < -0.39 is 24.0 Å². The maximum atomic E-state index is 12.1. The average Bonchev–Trinajstić information content (AvgIpc) is 2.50. The minimum atomic E-state index is -0.571. The van der Waals surface area contributed by atoms with E-state index in [0.717, 1.165) is 0 Å². The zero-order valence-corrected chi connectivity index (χ0v) is 13.1. The molecule has 1 atom stereocenters. The Morgan fingerprint density at radius 1 is 1.14 bits per heavy atom. The van der Waals surface area contributed by atoms with Crippen molar-refractivity contribution in [2.45, 2.75) is 33.2 Å². The monoisotopic (exact) mass is 314 g/mol. The van der Waals surface area contributed by atoms with Crippen LogP contribution in [-0.2, 0) is 23.8 Å². The Balaban J connectivity index is 2.87. The molecular weight excluding hydrogens is 292 g/mol. The van der Waals surface area contributed by atoms with Crippen molar-refractivity contribution in [1.82, 2.24) is 10.6 Å². The molecule has 2 N–H and O–H groups in total. The van der Waals surface area contributed by atoms with Gasteiger partial charge in [-0.05, 0) is 20.3 Å². The first-order chi connectivity index (χ1) is 10.5. The lowest BCUT2D eigenvalue weighted by Gasteiger charge is -2.28. The second-order valence-electron chi connectivity index (χ2n) is 4.47. The summed E-state index contributed by atoms with van der Waals surface area (Å²) in [4.78, 5) is 35.1. The summed E-state index contributed by atoms with van der Waals surface area (Å²) < 4.78 is 14.9. The summed E-state index contributed by atoms with van der Waals surface area (Å²) in [6, 6.07) is -0.927. The highest BCUT2D eigenvalue weighted by atomic mass is 16.6. The fraction of sp³-hybridized carbons (Fsp3) is 0.643. The van der Waals surface area contributed by atoms with E-state index in [-0.39, 0.29) is 31.1 Å². The molecule has 8 heteroatoms. The zero-order valence-electron chi connectivity index (χ0n) is 13.1. The van der Waals surface area contributed by atoms with Gasteiger partial charge in [0, 0.05) is 6.61 Å². The van der Waals surface area contributed by atoms with Gasteiger partial charge in [0.2, 0.25) is 0 Å². The molecule has 1 rings (SSSR count). The van der Waals surface area contributed by atoms with Gasteiger partial charge in [0.15, 0.2) is 0 Å². The Kier molecular flexibility index (Phi) is 7.38. The third kappa shape index (κ3) is 5.03. The fourth-order valence-corrected chi connectivity index (χ4v) is 1.96. The normalized spacial score (nSPS) is 17.6. The molecule has 0 aromatic carbocycles. The maximum Gasteiger partial charge on any atom is 0.338 e. The molecule has 1 aliphatic heterocycles. The summed E-state index contributed by atoms with van der Waals surface area (Å²) in [6.07, 6.45) is 0.512. The van der Waals surface area contributed by atoms with Gasteiger partial charge in [-0.25, -0.2) is 14.4 Å². The number of amides is 2. The van der Waals surface area contributed by atoms with Gasteiger partial charge in [0.05, 0.1) is 23.9 Å². The van der Waals surface area contributed by atoms with Crippen molar-refractivity contribution in [3.63, 3.8) is 0 Å². The van der Waals surface area contributed by atoms with Gasteiger partial charge in [-0.15, -0.1) is 0 Å². The number of urea groups is 1. The van der Waals surface area contributed by atoms with E-state index >= 15 is 0 Å². The standard InChI is InChI=1S/C14H22N2O6/c1-4-9-12(13(18)21-6-3)10(16-14(19)15-9)7-22-11(17)8-20-5-2/h9H,4-8H2,1-3H3,(H2,15,16,19)/t9-/m1/s1. The summed E-state index contributed by atoms with van der Waals surface area (Å²) in [6.45, 7) is 5.48. The molecular formula is C14H22N2O6. The number of rotatable bonds is 8. The first-order valence-electron chi connectivity index (χ1n) is 7.24. The Morgan fingerprint density at radius 3 is 2.45 bits per heavy atom. The van der Waals surface area contributed by atoms with Crippen LogP contribution in [0.3, 0.4) is 0 Å². The predicted molar refractivity (Wildman–Crippen MR) is 76.9 cm³/mol. The van der Waals surface area contributed by atoms with Gasteiger partial charge in [0.25, 0.3) is 0 Å². The molecule has 0 fully saturated rings. The van der Waals surface area contributed by atoms with Gasteiger partial charge in [0.1, 0.15) is 13.2 Å². The first kappa shape index (κ1) is 18.0. The highest BCUT2D eigenvalue weighted by Crippen LogP contribution is 2.17. The molecule has 0 saturated carbocycles. The molecule has 0 aliphatic carbocycles. The number of hydrogen-bond donors (Lipinski definition) is 2. The second-order valence-corrected chi connectivity index (χ2v) is 4.47. The van der Waals surface area contributed by atoms with Crippen LogP contribution in [0.15, 0.2) is 11.3 Å².